The van der Waals surface area contributed by atoms with E-state index in [-0.39, 0.29) is 11.3 Å². The molecule has 0 unspecified atom stereocenters. The zero-order valence-electron chi connectivity index (χ0n) is 9.04. The highest BCUT2D eigenvalue weighted by Gasteiger charge is 2.28. The highest BCUT2D eigenvalue weighted by Crippen LogP contribution is 2.25. The summed E-state index contributed by atoms with van der Waals surface area (Å²) in [7, 11) is -3.22. The molecule has 1 rings (SSSR count). The minimum Gasteiger partial charge on any atom is -0.324 e. The summed E-state index contributed by atoms with van der Waals surface area (Å²) in [6.45, 7) is 3.76. The van der Waals surface area contributed by atoms with Gasteiger partial charge in [0, 0.05) is 12.1 Å². The first-order valence-electron chi connectivity index (χ1n) is 5.35. The third-order valence-corrected chi connectivity index (χ3v) is 4.09. The lowest BCUT2D eigenvalue weighted by atomic mass is 9.83. The summed E-state index contributed by atoms with van der Waals surface area (Å²) in [5.41, 5.74) is 5.77. The number of sulfonamides is 1. The van der Waals surface area contributed by atoms with Crippen molar-refractivity contribution in [1.82, 2.24) is 4.72 Å². The van der Waals surface area contributed by atoms with Crippen LogP contribution in [0.3, 0.4) is 0 Å². The van der Waals surface area contributed by atoms with E-state index in [9.17, 15) is 8.42 Å². The van der Waals surface area contributed by atoms with Gasteiger partial charge in [0.1, 0.15) is 0 Å². The molecule has 15 heavy (non-hydrogen) atoms. The first-order chi connectivity index (χ1) is 6.97. The average molecular weight is 232 g/mol. The Morgan fingerprint density at radius 1 is 1.33 bits per heavy atom. The van der Waals surface area contributed by atoms with Crippen molar-refractivity contribution in [2.45, 2.75) is 37.6 Å². The molecule has 88 valence electrons. The number of rotatable bonds is 5. The standard InChI is InChI=1S/C10H20N2O2S/c1-2-8-15(13,14)12-9-10(11)6-4-3-5-7-10/h2,12H,1,3-9,11H2. The van der Waals surface area contributed by atoms with Crippen molar-refractivity contribution >= 4 is 10.0 Å². The highest BCUT2D eigenvalue weighted by molar-refractivity contribution is 7.89. The Bertz CT molecular complexity index is 305. The van der Waals surface area contributed by atoms with E-state index in [1.54, 1.807) is 0 Å². The van der Waals surface area contributed by atoms with E-state index < -0.39 is 10.0 Å². The second-order valence-electron chi connectivity index (χ2n) is 4.31. The zero-order chi connectivity index (χ0) is 11.4. The zero-order valence-corrected chi connectivity index (χ0v) is 9.85. The van der Waals surface area contributed by atoms with E-state index in [1.807, 2.05) is 0 Å². The van der Waals surface area contributed by atoms with Gasteiger partial charge in [-0.3, -0.25) is 0 Å². The Kier molecular flexibility index (Phi) is 4.31. The van der Waals surface area contributed by atoms with Crippen molar-refractivity contribution in [3.63, 3.8) is 0 Å². The van der Waals surface area contributed by atoms with E-state index in [1.165, 1.54) is 12.5 Å². The Morgan fingerprint density at radius 3 is 2.47 bits per heavy atom. The van der Waals surface area contributed by atoms with Crippen molar-refractivity contribution in [3.05, 3.63) is 12.7 Å². The van der Waals surface area contributed by atoms with Gasteiger partial charge >= 0.3 is 0 Å². The first-order valence-corrected chi connectivity index (χ1v) is 7.00. The van der Waals surface area contributed by atoms with Crippen molar-refractivity contribution in [2.24, 2.45) is 5.73 Å². The molecule has 0 heterocycles. The highest BCUT2D eigenvalue weighted by atomic mass is 32.2. The van der Waals surface area contributed by atoms with E-state index in [0.717, 1.165) is 25.7 Å². The van der Waals surface area contributed by atoms with Gasteiger partial charge in [0.2, 0.25) is 10.0 Å². The molecule has 1 fully saturated rings. The molecule has 3 N–H and O–H groups in total. The predicted octanol–water partition coefficient (Wildman–Crippen LogP) is 0.753. The Hall–Kier alpha value is -0.390. The Labute approximate surface area is 92.0 Å². The van der Waals surface area contributed by atoms with Crippen LogP contribution < -0.4 is 10.5 Å². The van der Waals surface area contributed by atoms with Crippen LogP contribution in [-0.2, 0) is 10.0 Å². The number of nitrogens with two attached hydrogens (primary N) is 1. The number of nitrogens with one attached hydrogen (secondary N) is 1. The van der Waals surface area contributed by atoms with Crippen LogP contribution in [0.2, 0.25) is 0 Å². The van der Waals surface area contributed by atoms with Gasteiger partial charge in [-0.25, -0.2) is 13.1 Å². The molecule has 0 amide bonds. The molecule has 4 nitrogen and oxygen atoms in total. The van der Waals surface area contributed by atoms with Crippen LogP contribution in [0.15, 0.2) is 12.7 Å². The SMILES string of the molecule is C=CCS(=O)(=O)NCC1(N)CCCCC1. The summed E-state index contributed by atoms with van der Waals surface area (Å²) in [6.07, 6.45) is 6.59. The van der Waals surface area contributed by atoms with Gasteiger partial charge in [-0.05, 0) is 12.8 Å². The molecule has 0 atom stereocenters. The van der Waals surface area contributed by atoms with E-state index >= 15 is 0 Å². The normalized spacial score (nSPS) is 21.1. The fraction of sp³-hybridized carbons (Fsp3) is 0.800. The van der Waals surface area contributed by atoms with Crippen LogP contribution in [0.25, 0.3) is 0 Å². The maximum absolute atomic E-state index is 11.4. The van der Waals surface area contributed by atoms with Crippen LogP contribution in [-0.4, -0.2) is 26.3 Å². The molecule has 0 spiro atoms. The van der Waals surface area contributed by atoms with Crippen molar-refractivity contribution in [1.29, 1.82) is 0 Å². The molecule has 5 heteroatoms. The topological polar surface area (TPSA) is 72.2 Å². The van der Waals surface area contributed by atoms with Gasteiger partial charge in [-0.2, -0.15) is 0 Å². The van der Waals surface area contributed by atoms with E-state index in [4.69, 9.17) is 5.73 Å². The maximum atomic E-state index is 11.4. The van der Waals surface area contributed by atoms with E-state index in [0.29, 0.717) is 6.54 Å². The third-order valence-electron chi connectivity index (χ3n) is 2.83. The average Bonchev–Trinajstić information content (AvgIpc) is 2.17. The van der Waals surface area contributed by atoms with Gasteiger partial charge in [0.25, 0.3) is 0 Å². The fourth-order valence-corrected chi connectivity index (χ4v) is 2.84. The lowest BCUT2D eigenvalue weighted by Gasteiger charge is -2.33. The molecular weight excluding hydrogens is 212 g/mol. The molecule has 0 radical (unpaired) electrons. The summed E-state index contributed by atoms with van der Waals surface area (Å²) in [6, 6.07) is 0. The minimum absolute atomic E-state index is 0.0386. The Morgan fingerprint density at radius 2 is 1.93 bits per heavy atom. The molecule has 0 aromatic heterocycles. The minimum atomic E-state index is -3.22. The molecule has 0 saturated heterocycles. The van der Waals surface area contributed by atoms with Gasteiger partial charge < -0.3 is 5.73 Å². The first kappa shape index (κ1) is 12.7. The monoisotopic (exact) mass is 232 g/mol. The molecule has 1 saturated carbocycles. The summed E-state index contributed by atoms with van der Waals surface area (Å²) in [5, 5.41) is 0. The second-order valence-corrected chi connectivity index (χ2v) is 6.17. The molecule has 1 aliphatic rings. The molecule has 1 aliphatic carbocycles. The number of hydrogen-bond donors (Lipinski definition) is 2. The molecule has 0 aromatic carbocycles. The third kappa shape index (κ3) is 4.32. The summed E-state index contributed by atoms with van der Waals surface area (Å²) in [4.78, 5) is 0. The van der Waals surface area contributed by atoms with Gasteiger partial charge in [-0.1, -0.05) is 25.3 Å². The summed E-state index contributed by atoms with van der Waals surface area (Å²) >= 11 is 0. The maximum Gasteiger partial charge on any atom is 0.215 e. The molecule has 0 aromatic rings. The molecule has 0 aliphatic heterocycles. The quantitative estimate of drug-likeness (QED) is 0.687. The van der Waals surface area contributed by atoms with Crippen molar-refractivity contribution in [2.75, 3.05) is 12.3 Å². The smallest absolute Gasteiger partial charge is 0.215 e. The molecule has 0 bridgehead atoms. The van der Waals surface area contributed by atoms with E-state index in [2.05, 4.69) is 11.3 Å². The van der Waals surface area contributed by atoms with Gasteiger partial charge in [0.15, 0.2) is 0 Å². The fourth-order valence-electron chi connectivity index (χ4n) is 1.90. The van der Waals surface area contributed by atoms with Gasteiger partial charge in [0.05, 0.1) is 5.75 Å². The second kappa shape index (κ2) is 5.09. The number of hydrogen-bond acceptors (Lipinski definition) is 3. The summed E-state index contributed by atoms with van der Waals surface area (Å²) in [5.74, 6) is -0.0386. The molecular formula is C10H20N2O2S. The van der Waals surface area contributed by atoms with Crippen LogP contribution in [0.5, 0.6) is 0 Å². The lowest BCUT2D eigenvalue weighted by Crippen LogP contribution is -2.51. The van der Waals surface area contributed by atoms with Crippen molar-refractivity contribution in [3.8, 4) is 0 Å². The van der Waals surface area contributed by atoms with Gasteiger partial charge in [-0.15, -0.1) is 6.58 Å². The van der Waals surface area contributed by atoms with Crippen LogP contribution >= 0.6 is 0 Å². The lowest BCUT2D eigenvalue weighted by molar-refractivity contribution is 0.296. The summed E-state index contributed by atoms with van der Waals surface area (Å²) < 4.78 is 25.3. The van der Waals surface area contributed by atoms with Crippen LogP contribution in [0.1, 0.15) is 32.1 Å². The van der Waals surface area contributed by atoms with Crippen molar-refractivity contribution < 1.29 is 8.42 Å². The Balaban J connectivity index is 2.44. The predicted molar refractivity (Wildman–Crippen MR) is 62.0 cm³/mol. The largest absolute Gasteiger partial charge is 0.324 e. The van der Waals surface area contributed by atoms with Crippen LogP contribution in [0, 0.1) is 0 Å². The van der Waals surface area contributed by atoms with Crippen LogP contribution in [0.4, 0.5) is 0 Å².